The number of hydrogen-bond donors (Lipinski definition) is 3. The van der Waals surface area contributed by atoms with Crippen molar-refractivity contribution in [3.63, 3.8) is 0 Å². The van der Waals surface area contributed by atoms with Gasteiger partial charge in [-0.2, -0.15) is 0 Å². The zero-order valence-corrected chi connectivity index (χ0v) is 16.2. The van der Waals surface area contributed by atoms with E-state index in [-0.39, 0.29) is 5.91 Å². The fourth-order valence-corrected chi connectivity index (χ4v) is 2.87. The van der Waals surface area contributed by atoms with Crippen LogP contribution in [-0.2, 0) is 4.79 Å². The molecule has 0 aliphatic heterocycles. The first-order valence-electron chi connectivity index (χ1n) is 9.85. The first-order chi connectivity index (χ1) is 12.5. The molecule has 26 heavy (non-hydrogen) atoms. The summed E-state index contributed by atoms with van der Waals surface area (Å²) in [4.78, 5) is 23.7. The summed E-state index contributed by atoms with van der Waals surface area (Å²) in [5.74, 6) is -1.28. The van der Waals surface area contributed by atoms with Crippen LogP contribution in [0.4, 0.5) is 0 Å². The van der Waals surface area contributed by atoms with Crippen molar-refractivity contribution >= 4 is 11.9 Å². The molecule has 0 fully saturated rings. The summed E-state index contributed by atoms with van der Waals surface area (Å²) in [7, 11) is 0. The second-order valence-corrected chi connectivity index (χ2v) is 7.16. The number of carboxylic acid groups (broad SMARTS) is 1. The summed E-state index contributed by atoms with van der Waals surface area (Å²) in [6.07, 6.45) is 11.1. The van der Waals surface area contributed by atoms with E-state index in [0.717, 1.165) is 19.3 Å². The van der Waals surface area contributed by atoms with Crippen LogP contribution < -0.4 is 10.9 Å². The first-order valence-corrected chi connectivity index (χ1v) is 9.85. The van der Waals surface area contributed by atoms with Gasteiger partial charge in [0, 0.05) is 5.56 Å². The second-order valence-electron chi connectivity index (χ2n) is 7.16. The lowest BCUT2D eigenvalue weighted by Gasteiger charge is -2.26. The molecule has 0 aliphatic carbocycles. The van der Waals surface area contributed by atoms with Gasteiger partial charge in [0.1, 0.15) is 5.54 Å². The van der Waals surface area contributed by atoms with Crippen molar-refractivity contribution in [1.82, 2.24) is 10.9 Å². The highest BCUT2D eigenvalue weighted by molar-refractivity contribution is 5.94. The van der Waals surface area contributed by atoms with Crippen molar-refractivity contribution in [2.24, 2.45) is 0 Å². The lowest BCUT2D eigenvalue weighted by molar-refractivity contribution is -0.144. The van der Waals surface area contributed by atoms with Crippen LogP contribution >= 0.6 is 0 Å². The van der Waals surface area contributed by atoms with Crippen molar-refractivity contribution in [1.29, 1.82) is 0 Å². The molecule has 3 N–H and O–H groups in total. The van der Waals surface area contributed by atoms with Crippen molar-refractivity contribution < 1.29 is 14.7 Å². The van der Waals surface area contributed by atoms with E-state index in [4.69, 9.17) is 0 Å². The van der Waals surface area contributed by atoms with E-state index in [0.29, 0.717) is 12.0 Å². The van der Waals surface area contributed by atoms with Crippen molar-refractivity contribution in [3.8, 4) is 0 Å². The van der Waals surface area contributed by atoms with Crippen molar-refractivity contribution in [2.75, 3.05) is 0 Å². The monoisotopic (exact) mass is 362 g/mol. The Morgan fingerprint density at radius 3 is 2.00 bits per heavy atom. The molecular weight excluding hydrogens is 328 g/mol. The molecule has 1 aromatic carbocycles. The van der Waals surface area contributed by atoms with Gasteiger partial charge < -0.3 is 5.11 Å². The van der Waals surface area contributed by atoms with E-state index in [1.165, 1.54) is 38.5 Å². The lowest BCUT2D eigenvalue weighted by Crippen LogP contribution is -2.57. The quantitative estimate of drug-likeness (QED) is 0.331. The molecule has 0 saturated heterocycles. The molecule has 0 spiro atoms. The number of hydrazine groups is 1. The largest absolute Gasteiger partial charge is 0.480 e. The standard InChI is InChI=1S/C21H34N2O3/c1-3-4-5-6-7-8-9-10-14-17-21(2,20(25)26)23-22-19(24)18-15-12-11-13-16-18/h11-13,15-16,23H,3-10,14,17H2,1-2H3,(H,22,24)(H,25,26). The van der Waals surface area contributed by atoms with Gasteiger partial charge in [0.15, 0.2) is 0 Å². The molecule has 5 heteroatoms. The van der Waals surface area contributed by atoms with Crippen molar-refractivity contribution in [3.05, 3.63) is 35.9 Å². The summed E-state index contributed by atoms with van der Waals surface area (Å²) < 4.78 is 0. The Bertz CT molecular complexity index is 533. The molecule has 0 aromatic heterocycles. The Morgan fingerprint density at radius 1 is 0.923 bits per heavy atom. The van der Waals surface area contributed by atoms with Gasteiger partial charge in [-0.05, 0) is 25.5 Å². The Balaban J connectivity index is 2.28. The number of carbonyl (C=O) groups excluding carboxylic acids is 1. The topological polar surface area (TPSA) is 78.4 Å². The maximum Gasteiger partial charge on any atom is 0.325 e. The van der Waals surface area contributed by atoms with Gasteiger partial charge in [-0.15, -0.1) is 0 Å². The number of aliphatic carboxylic acids is 1. The molecule has 1 amide bonds. The number of carboxylic acids is 1. The predicted octanol–water partition coefficient (Wildman–Crippen LogP) is 4.69. The fraction of sp³-hybridized carbons (Fsp3) is 0.619. The third kappa shape index (κ3) is 8.48. The molecule has 0 radical (unpaired) electrons. The van der Waals surface area contributed by atoms with E-state index in [9.17, 15) is 14.7 Å². The van der Waals surface area contributed by atoms with Crippen LogP contribution in [0.15, 0.2) is 30.3 Å². The van der Waals surface area contributed by atoms with E-state index in [1.54, 1.807) is 31.2 Å². The summed E-state index contributed by atoms with van der Waals surface area (Å²) in [6.45, 7) is 3.83. The van der Waals surface area contributed by atoms with E-state index in [1.807, 2.05) is 6.07 Å². The van der Waals surface area contributed by atoms with Gasteiger partial charge in [-0.25, -0.2) is 5.43 Å². The maximum atomic E-state index is 12.1. The molecule has 1 atom stereocenters. The van der Waals surface area contributed by atoms with E-state index >= 15 is 0 Å². The normalized spacial score (nSPS) is 13.2. The molecule has 0 heterocycles. The van der Waals surface area contributed by atoms with Crippen LogP contribution in [0.25, 0.3) is 0 Å². The van der Waals surface area contributed by atoms with Crippen LogP contribution in [0.2, 0.25) is 0 Å². The Hall–Kier alpha value is -1.88. The first kappa shape index (κ1) is 22.2. The SMILES string of the molecule is CCCCCCCCCCCC(C)(NNC(=O)c1ccccc1)C(=O)O. The van der Waals surface area contributed by atoms with Gasteiger partial charge >= 0.3 is 5.97 Å². The van der Waals surface area contributed by atoms with Crippen LogP contribution in [0.1, 0.15) is 88.4 Å². The summed E-state index contributed by atoms with van der Waals surface area (Å²) in [6, 6.07) is 8.75. The number of rotatable bonds is 14. The Kier molecular flexibility index (Phi) is 10.6. The Morgan fingerprint density at radius 2 is 1.46 bits per heavy atom. The number of benzene rings is 1. The molecule has 0 aliphatic rings. The third-order valence-electron chi connectivity index (χ3n) is 4.74. The van der Waals surface area contributed by atoms with Gasteiger partial charge in [0.25, 0.3) is 5.91 Å². The minimum Gasteiger partial charge on any atom is -0.480 e. The highest BCUT2D eigenvalue weighted by Crippen LogP contribution is 2.17. The zero-order chi connectivity index (χ0) is 19.3. The molecular formula is C21H34N2O3. The summed E-state index contributed by atoms with van der Waals surface area (Å²) in [5.41, 5.74) is 4.59. The highest BCUT2D eigenvalue weighted by atomic mass is 16.4. The minimum atomic E-state index is -1.16. The Labute approximate surface area is 157 Å². The van der Waals surface area contributed by atoms with Gasteiger partial charge in [0.2, 0.25) is 0 Å². The smallest absolute Gasteiger partial charge is 0.325 e. The fourth-order valence-electron chi connectivity index (χ4n) is 2.87. The van der Waals surface area contributed by atoms with Crippen LogP contribution in [0.3, 0.4) is 0 Å². The summed E-state index contributed by atoms with van der Waals surface area (Å²) >= 11 is 0. The maximum absolute atomic E-state index is 12.1. The molecule has 1 aromatic rings. The predicted molar refractivity (Wildman–Crippen MR) is 105 cm³/mol. The van der Waals surface area contributed by atoms with Crippen LogP contribution in [0.5, 0.6) is 0 Å². The number of nitrogens with one attached hydrogen (secondary N) is 2. The minimum absolute atomic E-state index is 0.329. The van der Waals surface area contributed by atoms with Crippen molar-refractivity contribution in [2.45, 2.75) is 83.6 Å². The second kappa shape index (κ2) is 12.5. The van der Waals surface area contributed by atoms with Gasteiger partial charge in [0.05, 0.1) is 0 Å². The molecule has 0 saturated carbocycles. The van der Waals surface area contributed by atoms with Gasteiger partial charge in [-0.1, -0.05) is 82.9 Å². The van der Waals surface area contributed by atoms with E-state index < -0.39 is 11.5 Å². The zero-order valence-electron chi connectivity index (χ0n) is 16.2. The molecule has 0 bridgehead atoms. The number of unbranched alkanes of at least 4 members (excludes halogenated alkanes) is 8. The molecule has 1 rings (SSSR count). The van der Waals surface area contributed by atoms with E-state index in [2.05, 4.69) is 17.8 Å². The number of carbonyl (C=O) groups is 2. The van der Waals surface area contributed by atoms with Gasteiger partial charge in [-0.3, -0.25) is 15.0 Å². The average molecular weight is 363 g/mol. The average Bonchev–Trinajstić information content (AvgIpc) is 2.65. The lowest BCUT2D eigenvalue weighted by atomic mass is 9.94. The number of hydrogen-bond acceptors (Lipinski definition) is 3. The third-order valence-corrected chi connectivity index (χ3v) is 4.74. The molecule has 5 nitrogen and oxygen atoms in total. The van der Waals surface area contributed by atoms with Crippen LogP contribution in [0, 0.1) is 0 Å². The number of amides is 1. The molecule has 146 valence electrons. The van der Waals surface area contributed by atoms with Crippen LogP contribution in [-0.4, -0.2) is 22.5 Å². The highest BCUT2D eigenvalue weighted by Gasteiger charge is 2.32. The molecule has 1 unspecified atom stereocenters. The summed E-state index contributed by atoms with van der Waals surface area (Å²) in [5, 5.41) is 9.53.